The number of aromatic nitrogens is 2. The Morgan fingerprint density at radius 1 is 1.32 bits per heavy atom. The molecule has 2 saturated heterocycles. The molecular formula is C13H15ClN4O. The second-order valence-electron chi connectivity index (χ2n) is 5.31. The number of fused-ring (bicyclic) bond motifs is 3. The fourth-order valence-corrected chi connectivity index (χ4v) is 3.14. The summed E-state index contributed by atoms with van der Waals surface area (Å²) in [4.78, 5) is 13.7. The summed E-state index contributed by atoms with van der Waals surface area (Å²) >= 11 is 6.07. The number of anilines is 1. The van der Waals surface area contributed by atoms with Gasteiger partial charge in [-0.15, -0.1) is 0 Å². The molecule has 0 amide bonds. The molecule has 2 unspecified atom stereocenters. The number of hydrogen-bond donors (Lipinski definition) is 0. The molecule has 5 nitrogen and oxygen atoms in total. The van der Waals surface area contributed by atoms with Crippen LogP contribution < -0.4 is 4.90 Å². The van der Waals surface area contributed by atoms with Gasteiger partial charge in [0.05, 0.1) is 10.7 Å². The van der Waals surface area contributed by atoms with E-state index in [1.807, 2.05) is 6.92 Å². The summed E-state index contributed by atoms with van der Waals surface area (Å²) in [6.45, 7) is 6.25. The number of piperazine rings is 1. The molecule has 2 aromatic rings. The number of aryl methyl sites for hydroxylation is 1. The maximum atomic E-state index is 6.07. The molecule has 0 radical (unpaired) electrons. The largest absolute Gasteiger partial charge is 0.422 e. The standard InChI is InChI=1S/C13H15ClN4O/c1-8-10(14)6-11-12(15-8)16-13(19-11)18-5-4-17-3-2-9(18)7-17/h6,9H,2-5,7H2,1H3. The third-order valence-electron chi connectivity index (χ3n) is 4.09. The topological polar surface area (TPSA) is 45.4 Å². The molecule has 2 aromatic heterocycles. The molecule has 0 N–H and O–H groups in total. The van der Waals surface area contributed by atoms with Crippen LogP contribution in [0.25, 0.3) is 11.2 Å². The molecular weight excluding hydrogens is 264 g/mol. The Balaban J connectivity index is 1.75. The first-order valence-electron chi connectivity index (χ1n) is 6.63. The van der Waals surface area contributed by atoms with E-state index in [0.29, 0.717) is 28.3 Å². The number of nitrogens with zero attached hydrogens (tertiary/aromatic N) is 4. The molecule has 19 heavy (non-hydrogen) atoms. The van der Waals surface area contributed by atoms with Gasteiger partial charge in [-0.3, -0.25) is 4.90 Å². The van der Waals surface area contributed by atoms with Gasteiger partial charge in [0, 0.05) is 38.3 Å². The van der Waals surface area contributed by atoms with Crippen molar-refractivity contribution in [1.82, 2.24) is 14.9 Å². The minimum Gasteiger partial charge on any atom is -0.422 e. The molecule has 0 aliphatic carbocycles. The summed E-state index contributed by atoms with van der Waals surface area (Å²) in [6.07, 6.45) is 1.19. The van der Waals surface area contributed by atoms with Crippen molar-refractivity contribution in [2.75, 3.05) is 31.1 Å². The molecule has 6 heteroatoms. The zero-order chi connectivity index (χ0) is 13.0. The lowest BCUT2D eigenvalue weighted by Crippen LogP contribution is -2.46. The summed E-state index contributed by atoms with van der Waals surface area (Å²) in [5.74, 6) is 0. The zero-order valence-electron chi connectivity index (χ0n) is 10.8. The molecule has 100 valence electrons. The van der Waals surface area contributed by atoms with Crippen molar-refractivity contribution in [1.29, 1.82) is 0 Å². The van der Waals surface area contributed by atoms with Gasteiger partial charge in [-0.25, -0.2) is 4.98 Å². The van der Waals surface area contributed by atoms with Gasteiger partial charge in [-0.1, -0.05) is 11.6 Å². The van der Waals surface area contributed by atoms with Crippen LogP contribution in [0.15, 0.2) is 10.5 Å². The van der Waals surface area contributed by atoms with Crippen molar-refractivity contribution in [2.45, 2.75) is 19.4 Å². The quantitative estimate of drug-likeness (QED) is 0.799. The first kappa shape index (κ1) is 11.5. The molecule has 2 aliphatic heterocycles. The fraction of sp³-hybridized carbons (Fsp3) is 0.538. The van der Waals surface area contributed by atoms with E-state index in [1.165, 1.54) is 13.0 Å². The molecule has 0 aromatic carbocycles. The van der Waals surface area contributed by atoms with Gasteiger partial charge in [-0.2, -0.15) is 4.98 Å². The van der Waals surface area contributed by atoms with Gasteiger partial charge in [0.1, 0.15) is 0 Å². The highest BCUT2D eigenvalue weighted by atomic mass is 35.5. The molecule has 4 heterocycles. The summed E-state index contributed by atoms with van der Waals surface area (Å²) < 4.78 is 5.84. The van der Waals surface area contributed by atoms with E-state index in [9.17, 15) is 0 Å². The summed E-state index contributed by atoms with van der Waals surface area (Å²) in [6, 6.07) is 3.02. The second kappa shape index (κ2) is 4.08. The lowest BCUT2D eigenvalue weighted by molar-refractivity contribution is 0.304. The van der Waals surface area contributed by atoms with E-state index in [1.54, 1.807) is 6.07 Å². The molecule has 4 rings (SSSR count). The van der Waals surface area contributed by atoms with E-state index in [4.69, 9.17) is 16.0 Å². The van der Waals surface area contributed by atoms with Crippen LogP contribution in [-0.4, -0.2) is 47.1 Å². The van der Waals surface area contributed by atoms with Gasteiger partial charge in [-0.05, 0) is 13.3 Å². The van der Waals surface area contributed by atoms with E-state index in [0.717, 1.165) is 25.3 Å². The fourth-order valence-electron chi connectivity index (χ4n) is 2.99. The van der Waals surface area contributed by atoms with E-state index >= 15 is 0 Å². The van der Waals surface area contributed by atoms with Crippen molar-refractivity contribution < 1.29 is 4.42 Å². The minimum absolute atomic E-state index is 0.526. The van der Waals surface area contributed by atoms with Crippen LogP contribution in [0.4, 0.5) is 6.01 Å². The third-order valence-corrected chi connectivity index (χ3v) is 4.47. The molecule has 2 bridgehead atoms. The molecule has 2 atom stereocenters. The first-order valence-corrected chi connectivity index (χ1v) is 7.01. The van der Waals surface area contributed by atoms with Gasteiger partial charge < -0.3 is 9.32 Å². The molecule has 2 aliphatic rings. The first-order chi connectivity index (χ1) is 9.20. The monoisotopic (exact) mass is 278 g/mol. The number of oxazole rings is 1. The van der Waals surface area contributed by atoms with Crippen LogP contribution in [-0.2, 0) is 0 Å². The summed E-state index contributed by atoms with van der Waals surface area (Å²) in [5.41, 5.74) is 2.11. The minimum atomic E-state index is 0.526. The average Bonchev–Trinajstić information content (AvgIpc) is 2.95. The SMILES string of the molecule is Cc1nc2nc(N3CCN4CCC3C4)oc2cc1Cl. The van der Waals surface area contributed by atoms with E-state index < -0.39 is 0 Å². The van der Waals surface area contributed by atoms with Crippen molar-refractivity contribution in [3.8, 4) is 0 Å². The van der Waals surface area contributed by atoms with Crippen LogP contribution in [0.3, 0.4) is 0 Å². The van der Waals surface area contributed by atoms with Crippen LogP contribution in [0.1, 0.15) is 12.1 Å². The Bertz CT molecular complexity index is 602. The highest BCUT2D eigenvalue weighted by Gasteiger charge is 2.34. The van der Waals surface area contributed by atoms with Gasteiger partial charge in [0.2, 0.25) is 5.65 Å². The Morgan fingerprint density at radius 3 is 3.11 bits per heavy atom. The second-order valence-corrected chi connectivity index (χ2v) is 5.72. The lowest BCUT2D eigenvalue weighted by Gasteiger charge is -2.32. The van der Waals surface area contributed by atoms with Crippen LogP contribution in [0, 0.1) is 6.92 Å². The maximum Gasteiger partial charge on any atom is 0.300 e. The zero-order valence-corrected chi connectivity index (χ0v) is 11.5. The Hall–Kier alpha value is -1.33. The van der Waals surface area contributed by atoms with Crippen molar-refractivity contribution >= 4 is 28.8 Å². The number of pyridine rings is 1. The van der Waals surface area contributed by atoms with Gasteiger partial charge in [0.15, 0.2) is 5.58 Å². The van der Waals surface area contributed by atoms with E-state index in [-0.39, 0.29) is 0 Å². The van der Waals surface area contributed by atoms with Crippen LogP contribution >= 0.6 is 11.6 Å². The molecule has 0 spiro atoms. The van der Waals surface area contributed by atoms with Crippen LogP contribution in [0.5, 0.6) is 0 Å². The number of hydrogen-bond acceptors (Lipinski definition) is 5. The van der Waals surface area contributed by atoms with Crippen molar-refractivity contribution in [3.63, 3.8) is 0 Å². The Morgan fingerprint density at radius 2 is 2.21 bits per heavy atom. The highest BCUT2D eigenvalue weighted by Crippen LogP contribution is 2.29. The van der Waals surface area contributed by atoms with Crippen molar-refractivity contribution in [3.05, 3.63) is 16.8 Å². The number of rotatable bonds is 1. The average molecular weight is 279 g/mol. The lowest BCUT2D eigenvalue weighted by atomic mass is 10.2. The summed E-state index contributed by atoms with van der Waals surface area (Å²) in [7, 11) is 0. The highest BCUT2D eigenvalue weighted by molar-refractivity contribution is 6.31. The summed E-state index contributed by atoms with van der Waals surface area (Å²) in [5, 5.41) is 0.626. The maximum absolute atomic E-state index is 6.07. The third kappa shape index (κ3) is 1.80. The van der Waals surface area contributed by atoms with Crippen molar-refractivity contribution in [2.24, 2.45) is 0 Å². The molecule has 2 fully saturated rings. The molecule has 0 saturated carbocycles. The Labute approximate surface area is 116 Å². The van der Waals surface area contributed by atoms with E-state index in [2.05, 4.69) is 19.8 Å². The normalized spacial score (nSPS) is 26.3. The van der Waals surface area contributed by atoms with Gasteiger partial charge in [0.25, 0.3) is 6.01 Å². The predicted octanol–water partition coefficient (Wildman–Crippen LogP) is 2.08. The predicted molar refractivity (Wildman–Crippen MR) is 73.7 cm³/mol. The number of halogens is 1. The Kier molecular flexibility index (Phi) is 2.47. The smallest absolute Gasteiger partial charge is 0.300 e. The van der Waals surface area contributed by atoms with Crippen LogP contribution in [0.2, 0.25) is 5.02 Å². The van der Waals surface area contributed by atoms with Gasteiger partial charge >= 0.3 is 0 Å².